The van der Waals surface area contributed by atoms with Gasteiger partial charge in [-0.05, 0) is 53.8 Å². The van der Waals surface area contributed by atoms with Gasteiger partial charge in [0.05, 0.1) is 0 Å². The molecule has 0 radical (unpaired) electrons. The van der Waals surface area contributed by atoms with Crippen LogP contribution < -0.4 is 5.32 Å². The highest BCUT2D eigenvalue weighted by Crippen LogP contribution is 2.32. The number of rotatable bonds is 6. The summed E-state index contributed by atoms with van der Waals surface area (Å²) in [7, 11) is 1.92. The Balaban J connectivity index is 2.54. The van der Waals surface area contributed by atoms with Gasteiger partial charge in [-0.2, -0.15) is 0 Å². The summed E-state index contributed by atoms with van der Waals surface area (Å²) in [6.07, 6.45) is 8.07. The molecule has 0 fully saturated rings. The summed E-state index contributed by atoms with van der Waals surface area (Å²) < 4.78 is 0. The zero-order chi connectivity index (χ0) is 17.5. The van der Waals surface area contributed by atoms with Crippen molar-refractivity contribution in [1.82, 2.24) is 0 Å². The zero-order valence-corrected chi connectivity index (χ0v) is 14.8. The molecule has 0 aliphatic rings. The van der Waals surface area contributed by atoms with Crippen molar-refractivity contribution < 1.29 is 0 Å². The van der Waals surface area contributed by atoms with E-state index in [-0.39, 0.29) is 0 Å². The lowest BCUT2D eigenvalue weighted by Crippen LogP contribution is -1.95. The molecule has 1 N–H and O–H groups in total. The number of benzene rings is 2. The minimum Gasteiger partial charge on any atom is -0.388 e. The van der Waals surface area contributed by atoms with Crippen molar-refractivity contribution in [1.29, 1.82) is 0 Å². The molecule has 24 heavy (non-hydrogen) atoms. The van der Waals surface area contributed by atoms with Crippen LogP contribution in [0.2, 0.25) is 0 Å². The molecule has 0 heterocycles. The largest absolute Gasteiger partial charge is 0.388 e. The van der Waals surface area contributed by atoms with Crippen LogP contribution in [0.15, 0.2) is 73.9 Å². The van der Waals surface area contributed by atoms with Crippen molar-refractivity contribution in [3.05, 3.63) is 96.1 Å². The summed E-state index contributed by atoms with van der Waals surface area (Å²) in [6, 6.07) is 14.8. The second kappa shape index (κ2) is 8.16. The van der Waals surface area contributed by atoms with Crippen molar-refractivity contribution in [2.75, 3.05) is 12.4 Å². The molecule has 0 aromatic heterocycles. The summed E-state index contributed by atoms with van der Waals surface area (Å²) >= 11 is 0. The first-order valence-corrected chi connectivity index (χ1v) is 8.14. The molecule has 2 aromatic carbocycles. The van der Waals surface area contributed by atoms with E-state index in [0.29, 0.717) is 0 Å². The molecule has 0 unspecified atom stereocenters. The Hall–Kier alpha value is -2.80. The summed E-state index contributed by atoms with van der Waals surface area (Å²) in [5, 5.41) is 3.20. The molecule has 1 nitrogen and oxygen atoms in total. The topological polar surface area (TPSA) is 12.0 Å². The fourth-order valence-electron chi connectivity index (χ4n) is 2.68. The van der Waals surface area contributed by atoms with E-state index in [2.05, 4.69) is 80.0 Å². The van der Waals surface area contributed by atoms with Gasteiger partial charge in [-0.15, -0.1) is 0 Å². The third kappa shape index (κ3) is 3.94. The van der Waals surface area contributed by atoms with E-state index in [4.69, 9.17) is 0 Å². The summed E-state index contributed by atoms with van der Waals surface area (Å²) in [4.78, 5) is 0. The van der Waals surface area contributed by atoms with Gasteiger partial charge in [0.25, 0.3) is 0 Å². The van der Waals surface area contributed by atoms with Gasteiger partial charge in [0.2, 0.25) is 0 Å². The first kappa shape index (κ1) is 17.6. The van der Waals surface area contributed by atoms with Crippen molar-refractivity contribution in [3.63, 3.8) is 0 Å². The van der Waals surface area contributed by atoms with Crippen molar-refractivity contribution in [2.45, 2.75) is 13.8 Å². The number of anilines is 1. The second-order valence-corrected chi connectivity index (χ2v) is 5.71. The first-order valence-electron chi connectivity index (χ1n) is 8.14. The van der Waals surface area contributed by atoms with Crippen LogP contribution in [0.25, 0.3) is 17.2 Å². The third-order valence-electron chi connectivity index (χ3n) is 4.00. The highest BCUT2D eigenvalue weighted by molar-refractivity contribution is 6.05. The van der Waals surface area contributed by atoms with E-state index in [9.17, 15) is 0 Å². The van der Waals surface area contributed by atoms with Gasteiger partial charge < -0.3 is 5.32 Å². The number of hydrogen-bond donors (Lipinski definition) is 1. The van der Waals surface area contributed by atoms with E-state index in [0.717, 1.165) is 33.5 Å². The molecular weight excluding hydrogens is 290 g/mol. The Morgan fingerprint density at radius 2 is 1.88 bits per heavy atom. The van der Waals surface area contributed by atoms with Crippen LogP contribution in [0.4, 0.5) is 5.69 Å². The van der Waals surface area contributed by atoms with Crippen LogP contribution >= 0.6 is 0 Å². The van der Waals surface area contributed by atoms with Crippen molar-refractivity contribution in [2.24, 2.45) is 0 Å². The third-order valence-corrected chi connectivity index (χ3v) is 4.00. The molecule has 2 rings (SSSR count). The predicted molar refractivity (Wildman–Crippen MR) is 109 cm³/mol. The Morgan fingerprint density at radius 1 is 1.08 bits per heavy atom. The quantitative estimate of drug-likeness (QED) is 0.612. The van der Waals surface area contributed by atoms with Crippen LogP contribution in [0, 0.1) is 6.92 Å². The lowest BCUT2D eigenvalue weighted by Gasteiger charge is -2.14. The lowest BCUT2D eigenvalue weighted by atomic mass is 9.91. The molecular formula is C23H25N. The maximum atomic E-state index is 4.35. The number of allylic oxidation sites excluding steroid dienone is 5. The standard InChI is InChI=1S/C23H25N/c1-6-8-12-22(18(4)20-11-9-10-17(3)15-20)21-13-14-23(24-5)19(7-2)16-21/h6-16,24H,2,4H2,1,3,5H3/b8-6-,22-12+. The van der Waals surface area contributed by atoms with Gasteiger partial charge in [-0.25, -0.2) is 0 Å². The second-order valence-electron chi connectivity index (χ2n) is 5.71. The zero-order valence-electron chi connectivity index (χ0n) is 14.8. The minimum atomic E-state index is 1.02. The van der Waals surface area contributed by atoms with Crippen LogP contribution in [0.1, 0.15) is 29.2 Å². The molecule has 0 bridgehead atoms. The fourth-order valence-corrected chi connectivity index (χ4v) is 2.68. The van der Waals surface area contributed by atoms with E-state index in [1.165, 1.54) is 5.56 Å². The maximum Gasteiger partial charge on any atom is 0.0411 e. The van der Waals surface area contributed by atoms with E-state index in [1.54, 1.807) is 0 Å². The average molecular weight is 315 g/mol. The van der Waals surface area contributed by atoms with Crippen LogP contribution in [0.5, 0.6) is 0 Å². The molecule has 1 heteroatoms. The SMILES string of the molecule is C=Cc1cc(/C(=C/C=C\C)C(=C)c2cccc(C)c2)ccc1NC. The number of nitrogens with one attached hydrogen (secondary N) is 1. The molecule has 0 aliphatic heterocycles. The minimum absolute atomic E-state index is 1.02. The molecule has 122 valence electrons. The van der Waals surface area contributed by atoms with Gasteiger partial charge in [0.15, 0.2) is 0 Å². The Labute approximate surface area is 145 Å². The first-order chi connectivity index (χ1) is 11.6. The Kier molecular flexibility index (Phi) is 5.97. The summed E-state index contributed by atoms with van der Waals surface area (Å²) in [5.41, 5.74) is 7.79. The fraction of sp³-hybridized carbons (Fsp3) is 0.130. The predicted octanol–water partition coefficient (Wildman–Crippen LogP) is 6.35. The van der Waals surface area contributed by atoms with Gasteiger partial charge in [-0.3, -0.25) is 0 Å². The van der Waals surface area contributed by atoms with Gasteiger partial charge >= 0.3 is 0 Å². The van der Waals surface area contributed by atoms with Gasteiger partial charge in [0.1, 0.15) is 0 Å². The molecule has 0 saturated heterocycles. The summed E-state index contributed by atoms with van der Waals surface area (Å²) in [6.45, 7) is 12.4. The van der Waals surface area contributed by atoms with Crippen LogP contribution in [-0.2, 0) is 0 Å². The van der Waals surface area contributed by atoms with Gasteiger partial charge in [-0.1, -0.05) is 73.4 Å². The smallest absolute Gasteiger partial charge is 0.0411 e. The average Bonchev–Trinajstić information content (AvgIpc) is 2.61. The van der Waals surface area contributed by atoms with Crippen LogP contribution in [0.3, 0.4) is 0 Å². The Morgan fingerprint density at radius 3 is 2.50 bits per heavy atom. The normalized spacial score (nSPS) is 11.5. The van der Waals surface area contributed by atoms with E-state index < -0.39 is 0 Å². The van der Waals surface area contributed by atoms with Crippen molar-refractivity contribution in [3.8, 4) is 0 Å². The van der Waals surface area contributed by atoms with E-state index in [1.807, 2.05) is 26.1 Å². The van der Waals surface area contributed by atoms with Crippen LogP contribution in [-0.4, -0.2) is 7.05 Å². The van der Waals surface area contributed by atoms with E-state index >= 15 is 0 Å². The van der Waals surface area contributed by atoms with Crippen molar-refractivity contribution >= 4 is 22.9 Å². The molecule has 0 atom stereocenters. The summed E-state index contributed by atoms with van der Waals surface area (Å²) in [5.74, 6) is 0. The highest BCUT2D eigenvalue weighted by Gasteiger charge is 2.10. The molecule has 0 amide bonds. The maximum absolute atomic E-state index is 4.35. The highest BCUT2D eigenvalue weighted by atomic mass is 14.8. The number of aryl methyl sites for hydroxylation is 1. The van der Waals surface area contributed by atoms with Gasteiger partial charge in [0, 0.05) is 12.7 Å². The Bertz CT molecular complexity index is 807. The lowest BCUT2D eigenvalue weighted by molar-refractivity contribution is 1.45. The molecule has 0 spiro atoms. The molecule has 2 aromatic rings. The number of hydrogen-bond acceptors (Lipinski definition) is 1. The molecule has 0 aliphatic carbocycles. The monoisotopic (exact) mass is 315 g/mol. The molecule has 0 saturated carbocycles.